The Bertz CT molecular complexity index is 1270. The summed E-state index contributed by atoms with van der Waals surface area (Å²) in [5.41, 5.74) is 5.51. The highest BCUT2D eigenvalue weighted by molar-refractivity contribution is 6.20. The monoisotopic (exact) mass is 474 g/mol. The fraction of sp³-hybridized carbons (Fsp3) is 0.125. The maximum absolute atomic E-state index is 14.1. The molecule has 0 amide bonds. The van der Waals surface area contributed by atoms with Crippen molar-refractivity contribution in [3.8, 4) is 0 Å². The number of ketones is 2. The second-order valence-corrected chi connectivity index (χ2v) is 8.88. The first-order chi connectivity index (χ1) is 17.4. The highest BCUT2D eigenvalue weighted by Crippen LogP contribution is 2.29. The van der Waals surface area contributed by atoms with E-state index >= 15 is 0 Å². The van der Waals surface area contributed by atoms with E-state index < -0.39 is 0 Å². The summed E-state index contributed by atoms with van der Waals surface area (Å²) in [6, 6.07) is 34.0. The van der Waals surface area contributed by atoms with Crippen molar-refractivity contribution in [2.24, 2.45) is 0 Å². The second-order valence-electron chi connectivity index (χ2n) is 8.88. The van der Waals surface area contributed by atoms with Gasteiger partial charge in [-0.1, -0.05) is 96.1 Å². The summed E-state index contributed by atoms with van der Waals surface area (Å²) < 4.78 is 0. The predicted molar refractivity (Wildman–Crippen MR) is 148 cm³/mol. The number of hydrogen-bond donors (Lipinski definition) is 0. The molecule has 4 aromatic carbocycles. The van der Waals surface area contributed by atoms with Gasteiger partial charge in [-0.2, -0.15) is 0 Å². The molecule has 0 spiro atoms. The van der Waals surface area contributed by atoms with Crippen molar-refractivity contribution in [1.82, 2.24) is 0 Å². The fourth-order valence-electron chi connectivity index (χ4n) is 4.08. The van der Waals surface area contributed by atoms with Gasteiger partial charge in [-0.25, -0.2) is 0 Å². The van der Waals surface area contributed by atoms with Gasteiger partial charge in [0.1, 0.15) is 11.4 Å². The zero-order valence-corrected chi connectivity index (χ0v) is 21.1. The minimum Gasteiger partial charge on any atom is -0.340 e. The number of benzene rings is 4. The topological polar surface area (TPSA) is 40.6 Å². The average molecular weight is 475 g/mol. The molecule has 0 aliphatic heterocycles. The third-order valence-corrected chi connectivity index (χ3v) is 6.24. The highest BCUT2D eigenvalue weighted by Gasteiger charge is 2.30. The number of nitrogens with zero attached hydrogens (tertiary/aromatic N) is 2. The predicted octanol–water partition coefficient (Wildman–Crippen LogP) is 6.85. The lowest BCUT2D eigenvalue weighted by Gasteiger charge is -2.30. The first kappa shape index (κ1) is 24.7. The van der Waals surface area contributed by atoms with Gasteiger partial charge >= 0.3 is 0 Å². The number of Topliss-reactive ketones (excluding diaryl/α,β-unsaturated/α-hetero) is 2. The van der Waals surface area contributed by atoms with Crippen LogP contribution in [0.3, 0.4) is 0 Å². The Morgan fingerprint density at radius 1 is 0.472 bits per heavy atom. The highest BCUT2D eigenvalue weighted by atomic mass is 16.1. The molecule has 0 fully saturated rings. The van der Waals surface area contributed by atoms with Crippen LogP contribution in [0.5, 0.6) is 0 Å². The zero-order chi connectivity index (χ0) is 25.7. The Hall–Kier alpha value is -4.44. The number of carbonyl (C=O) groups is 2. The third-order valence-electron chi connectivity index (χ3n) is 6.24. The number of hydrogen-bond acceptors (Lipinski definition) is 4. The van der Waals surface area contributed by atoms with E-state index in [1.54, 1.807) is 24.3 Å². The van der Waals surface area contributed by atoms with E-state index in [9.17, 15) is 9.59 Å². The quantitative estimate of drug-likeness (QED) is 0.207. The molecule has 36 heavy (non-hydrogen) atoms. The molecule has 0 heterocycles. The van der Waals surface area contributed by atoms with Gasteiger partial charge in [-0.3, -0.25) is 9.59 Å². The van der Waals surface area contributed by atoms with Gasteiger partial charge in [0.25, 0.3) is 0 Å². The van der Waals surface area contributed by atoms with Crippen LogP contribution in [0.1, 0.15) is 31.8 Å². The minimum atomic E-state index is -0.225. The molecule has 0 unspecified atom stereocenters. The van der Waals surface area contributed by atoms with Crippen LogP contribution in [0.25, 0.3) is 0 Å². The number of aryl methyl sites for hydroxylation is 2. The maximum Gasteiger partial charge on any atom is 0.211 e. The lowest BCUT2D eigenvalue weighted by Crippen LogP contribution is -2.34. The van der Waals surface area contributed by atoms with Crippen molar-refractivity contribution >= 4 is 22.9 Å². The van der Waals surface area contributed by atoms with Crippen molar-refractivity contribution in [2.45, 2.75) is 13.8 Å². The summed E-state index contributed by atoms with van der Waals surface area (Å²) in [6.45, 7) is 4.04. The third kappa shape index (κ3) is 5.28. The molecular formula is C32H30N2O2. The Labute approximate surface area is 213 Å². The minimum absolute atomic E-state index is 0.225. The molecule has 4 aromatic rings. The van der Waals surface area contributed by atoms with Gasteiger partial charge in [0.05, 0.1) is 0 Å². The molecule has 0 N–H and O–H groups in total. The molecule has 0 aliphatic rings. The average Bonchev–Trinajstić information content (AvgIpc) is 2.92. The molecule has 4 rings (SSSR count). The van der Waals surface area contributed by atoms with Crippen molar-refractivity contribution in [3.63, 3.8) is 0 Å². The normalized spacial score (nSPS) is 11.4. The second kappa shape index (κ2) is 10.9. The molecule has 0 saturated heterocycles. The molecule has 0 bridgehead atoms. The summed E-state index contributed by atoms with van der Waals surface area (Å²) in [5.74, 6) is -0.450. The number of likely N-dealkylation sites (N-methyl/N-ethyl adjacent to an activating group) is 2. The molecule has 0 saturated carbocycles. The largest absolute Gasteiger partial charge is 0.340 e. The van der Waals surface area contributed by atoms with Crippen molar-refractivity contribution < 1.29 is 9.59 Å². The van der Waals surface area contributed by atoms with E-state index in [-0.39, 0.29) is 11.6 Å². The van der Waals surface area contributed by atoms with Gasteiger partial charge in [0.15, 0.2) is 0 Å². The van der Waals surface area contributed by atoms with Crippen molar-refractivity contribution in [2.75, 3.05) is 23.9 Å². The Morgan fingerprint density at radius 3 is 1.08 bits per heavy atom. The lowest BCUT2D eigenvalue weighted by atomic mass is 9.99. The number of anilines is 2. The van der Waals surface area contributed by atoms with Gasteiger partial charge in [0.2, 0.25) is 11.6 Å². The smallest absolute Gasteiger partial charge is 0.211 e. The van der Waals surface area contributed by atoms with E-state index in [0.29, 0.717) is 22.5 Å². The molecule has 4 nitrogen and oxygen atoms in total. The van der Waals surface area contributed by atoms with Crippen LogP contribution in [0.15, 0.2) is 121 Å². The number of carbonyl (C=O) groups excluding carboxylic acids is 2. The first-order valence-electron chi connectivity index (χ1n) is 11.9. The van der Waals surface area contributed by atoms with Crippen LogP contribution in [0, 0.1) is 13.8 Å². The Morgan fingerprint density at radius 2 is 0.778 bits per heavy atom. The van der Waals surface area contributed by atoms with E-state index in [1.807, 2.05) is 123 Å². The van der Waals surface area contributed by atoms with Gasteiger partial charge in [0, 0.05) is 36.6 Å². The Balaban J connectivity index is 1.99. The van der Waals surface area contributed by atoms with E-state index in [2.05, 4.69) is 0 Å². The van der Waals surface area contributed by atoms with Gasteiger partial charge in [-0.15, -0.1) is 0 Å². The summed E-state index contributed by atoms with van der Waals surface area (Å²) >= 11 is 0. The molecule has 0 radical (unpaired) electrons. The number of rotatable bonds is 8. The van der Waals surface area contributed by atoms with Crippen molar-refractivity contribution in [3.05, 3.63) is 143 Å². The summed E-state index contributed by atoms with van der Waals surface area (Å²) in [6.07, 6.45) is 0. The van der Waals surface area contributed by atoms with E-state index in [0.717, 1.165) is 22.5 Å². The molecule has 180 valence electrons. The molecule has 0 atom stereocenters. The van der Waals surface area contributed by atoms with Crippen LogP contribution in [0.4, 0.5) is 11.4 Å². The molecule has 0 aliphatic carbocycles. The van der Waals surface area contributed by atoms with Crippen LogP contribution >= 0.6 is 0 Å². The molecule has 4 heteroatoms. The first-order valence-corrected chi connectivity index (χ1v) is 11.9. The van der Waals surface area contributed by atoms with Gasteiger partial charge in [-0.05, 0) is 38.1 Å². The van der Waals surface area contributed by atoms with E-state index in [1.165, 1.54) is 0 Å². The van der Waals surface area contributed by atoms with E-state index in [4.69, 9.17) is 0 Å². The molecular weight excluding hydrogens is 444 g/mol. The van der Waals surface area contributed by atoms with Crippen LogP contribution in [0.2, 0.25) is 0 Å². The maximum atomic E-state index is 14.1. The summed E-state index contributed by atoms with van der Waals surface area (Å²) in [4.78, 5) is 31.9. The van der Waals surface area contributed by atoms with Crippen molar-refractivity contribution in [1.29, 1.82) is 0 Å². The summed E-state index contributed by atoms with van der Waals surface area (Å²) in [7, 11) is 3.67. The Kier molecular flexibility index (Phi) is 7.45. The lowest BCUT2D eigenvalue weighted by molar-refractivity contribution is 0.0995. The standard InChI is InChI=1S/C32H30N2O2/c1-23-15-19-27(20-16-23)33(3)29(31(35)25-11-7-5-8-12-25)30(32(36)26-13-9-6-10-14-26)34(4)28-21-17-24(2)18-22-28/h5-22H,1-4H3/b30-29-. The fourth-order valence-corrected chi connectivity index (χ4v) is 4.08. The van der Waals surface area contributed by atoms with Crippen LogP contribution in [-0.4, -0.2) is 25.7 Å². The molecule has 0 aromatic heterocycles. The zero-order valence-electron chi connectivity index (χ0n) is 21.1. The van der Waals surface area contributed by atoms with Crippen LogP contribution < -0.4 is 9.80 Å². The summed E-state index contributed by atoms with van der Waals surface area (Å²) in [5, 5.41) is 0. The van der Waals surface area contributed by atoms with Gasteiger partial charge < -0.3 is 9.80 Å². The van der Waals surface area contributed by atoms with Crippen LogP contribution in [-0.2, 0) is 0 Å². The number of allylic oxidation sites excluding steroid dienone is 2. The SMILES string of the molecule is Cc1ccc(N(C)/C(C(=O)c2ccccc2)=C(/C(=O)c2ccccc2)N(C)c2ccc(C)cc2)cc1.